The van der Waals surface area contributed by atoms with Gasteiger partial charge in [-0.2, -0.15) is 11.8 Å². The Hall–Kier alpha value is -0.680. The third-order valence-corrected chi connectivity index (χ3v) is 4.58. The third kappa shape index (κ3) is 2.83. The number of rotatable bonds is 3. The Kier molecular flexibility index (Phi) is 4.56. The van der Waals surface area contributed by atoms with Crippen LogP contribution in [0.25, 0.3) is 0 Å². The molecule has 0 saturated carbocycles. The zero-order valence-electron chi connectivity index (χ0n) is 10.2. The van der Waals surface area contributed by atoms with E-state index in [1.165, 1.54) is 6.07 Å². The molecule has 0 spiro atoms. The number of phenolic OH excluding ortho intramolecular Hbond substituents is 1. The number of carbonyl (C=O) groups is 1. The van der Waals surface area contributed by atoms with Crippen molar-refractivity contribution in [2.75, 3.05) is 18.6 Å². The summed E-state index contributed by atoms with van der Waals surface area (Å²) in [4.78, 5) is 14.3. The maximum absolute atomic E-state index is 12.4. The number of benzene rings is 1. The van der Waals surface area contributed by atoms with Gasteiger partial charge in [-0.1, -0.05) is 0 Å². The van der Waals surface area contributed by atoms with Gasteiger partial charge in [-0.25, -0.2) is 0 Å². The van der Waals surface area contributed by atoms with Crippen LogP contribution in [0.2, 0.25) is 0 Å². The van der Waals surface area contributed by atoms with Crippen molar-refractivity contribution in [3.8, 4) is 5.75 Å². The molecule has 0 radical (unpaired) electrons. The summed E-state index contributed by atoms with van der Waals surface area (Å²) in [7, 11) is 0. The number of halogens is 1. The van der Waals surface area contributed by atoms with Crippen molar-refractivity contribution in [3.63, 3.8) is 0 Å². The average Bonchev–Trinajstić information content (AvgIpc) is 2.80. The summed E-state index contributed by atoms with van der Waals surface area (Å²) < 4.78 is 0.612. The Bertz CT molecular complexity index is 453. The molecule has 1 aliphatic heterocycles. The molecule has 1 amide bonds. The van der Waals surface area contributed by atoms with Gasteiger partial charge in [0.2, 0.25) is 0 Å². The van der Waals surface area contributed by atoms with Gasteiger partial charge in [0.25, 0.3) is 5.91 Å². The quantitative estimate of drug-likeness (QED) is 0.926. The maximum Gasteiger partial charge on any atom is 0.254 e. The van der Waals surface area contributed by atoms with Crippen molar-refractivity contribution in [3.05, 3.63) is 28.2 Å². The molecule has 98 valence electrons. The van der Waals surface area contributed by atoms with Crippen molar-refractivity contribution in [2.24, 2.45) is 0 Å². The molecular formula is C13H16BrNO2S. The minimum atomic E-state index is 0.0225. The molecule has 1 heterocycles. The van der Waals surface area contributed by atoms with E-state index in [-0.39, 0.29) is 11.7 Å². The van der Waals surface area contributed by atoms with Gasteiger partial charge in [0.05, 0.1) is 4.47 Å². The highest BCUT2D eigenvalue weighted by atomic mass is 79.9. The summed E-state index contributed by atoms with van der Waals surface area (Å²) in [5.41, 5.74) is 0.559. The van der Waals surface area contributed by atoms with Gasteiger partial charge >= 0.3 is 0 Å². The summed E-state index contributed by atoms with van der Waals surface area (Å²) >= 11 is 4.99. The topological polar surface area (TPSA) is 40.5 Å². The fourth-order valence-corrected chi connectivity index (χ4v) is 3.26. The highest BCUT2D eigenvalue weighted by Crippen LogP contribution is 2.27. The van der Waals surface area contributed by atoms with Crippen LogP contribution in [0, 0.1) is 0 Å². The summed E-state index contributed by atoms with van der Waals surface area (Å²) in [5, 5.41) is 9.64. The Morgan fingerprint density at radius 1 is 1.61 bits per heavy atom. The maximum atomic E-state index is 12.4. The van der Waals surface area contributed by atoms with E-state index in [0.29, 0.717) is 16.1 Å². The van der Waals surface area contributed by atoms with Gasteiger partial charge in [-0.3, -0.25) is 4.79 Å². The number of thioether (sulfide) groups is 1. The molecule has 5 heteroatoms. The Balaban J connectivity index is 2.17. The Morgan fingerprint density at radius 3 is 3.06 bits per heavy atom. The minimum Gasteiger partial charge on any atom is -0.507 e. The molecule has 1 unspecified atom stereocenters. The monoisotopic (exact) mass is 329 g/mol. The molecule has 3 nitrogen and oxygen atoms in total. The van der Waals surface area contributed by atoms with Gasteiger partial charge in [-0.05, 0) is 53.2 Å². The lowest BCUT2D eigenvalue weighted by Crippen LogP contribution is -2.36. The van der Waals surface area contributed by atoms with E-state index in [1.54, 1.807) is 23.9 Å². The second-order valence-electron chi connectivity index (χ2n) is 4.42. The van der Waals surface area contributed by atoms with Crippen LogP contribution in [0.3, 0.4) is 0 Å². The molecule has 18 heavy (non-hydrogen) atoms. The van der Waals surface area contributed by atoms with Crippen molar-refractivity contribution >= 4 is 33.6 Å². The minimum absolute atomic E-state index is 0.0225. The van der Waals surface area contributed by atoms with E-state index in [9.17, 15) is 9.90 Å². The molecule has 0 bridgehead atoms. The van der Waals surface area contributed by atoms with E-state index in [0.717, 1.165) is 25.1 Å². The molecule has 0 aliphatic carbocycles. The fraction of sp³-hybridized carbons (Fsp3) is 0.462. The van der Waals surface area contributed by atoms with E-state index < -0.39 is 0 Å². The lowest BCUT2D eigenvalue weighted by atomic mass is 10.1. The van der Waals surface area contributed by atoms with E-state index in [1.807, 2.05) is 4.90 Å². The van der Waals surface area contributed by atoms with Crippen molar-refractivity contribution in [1.29, 1.82) is 0 Å². The van der Waals surface area contributed by atoms with Crippen LogP contribution >= 0.6 is 27.7 Å². The van der Waals surface area contributed by atoms with E-state index in [2.05, 4.69) is 22.2 Å². The van der Waals surface area contributed by atoms with Gasteiger partial charge in [0.1, 0.15) is 5.75 Å². The highest BCUT2D eigenvalue weighted by Gasteiger charge is 2.29. The summed E-state index contributed by atoms with van der Waals surface area (Å²) in [6.07, 6.45) is 4.21. The smallest absolute Gasteiger partial charge is 0.254 e. The van der Waals surface area contributed by atoms with Gasteiger partial charge in [-0.15, -0.1) is 0 Å². The number of amides is 1. The molecule has 1 fully saturated rings. The molecule has 1 aromatic carbocycles. The lowest BCUT2D eigenvalue weighted by Gasteiger charge is -2.24. The van der Waals surface area contributed by atoms with Crippen molar-refractivity contribution < 1.29 is 9.90 Å². The Labute approximate surface area is 120 Å². The van der Waals surface area contributed by atoms with Crippen LogP contribution in [0.15, 0.2) is 22.7 Å². The first-order valence-electron chi connectivity index (χ1n) is 5.92. The number of hydrogen-bond donors (Lipinski definition) is 1. The fourth-order valence-electron chi connectivity index (χ4n) is 2.28. The second-order valence-corrected chi connectivity index (χ2v) is 6.18. The molecule has 1 saturated heterocycles. The van der Waals surface area contributed by atoms with Gasteiger partial charge in [0, 0.05) is 23.9 Å². The SMILES string of the molecule is CSCC1CCCN1C(=O)c1ccc(Br)c(O)c1. The van der Waals surface area contributed by atoms with Crippen LogP contribution < -0.4 is 0 Å². The highest BCUT2D eigenvalue weighted by molar-refractivity contribution is 9.10. The molecule has 1 atom stereocenters. The van der Waals surface area contributed by atoms with Crippen molar-refractivity contribution in [2.45, 2.75) is 18.9 Å². The van der Waals surface area contributed by atoms with Crippen LogP contribution in [0.1, 0.15) is 23.2 Å². The van der Waals surface area contributed by atoms with Gasteiger partial charge < -0.3 is 10.0 Å². The first-order chi connectivity index (χ1) is 8.63. The Morgan fingerprint density at radius 2 is 2.39 bits per heavy atom. The molecule has 1 aliphatic rings. The van der Waals surface area contributed by atoms with Crippen LogP contribution in [-0.2, 0) is 0 Å². The molecule has 1 aromatic rings. The second kappa shape index (κ2) is 5.97. The molecule has 2 rings (SSSR count). The van der Waals surface area contributed by atoms with E-state index >= 15 is 0 Å². The largest absolute Gasteiger partial charge is 0.507 e. The van der Waals surface area contributed by atoms with Crippen LogP contribution in [0.5, 0.6) is 5.75 Å². The molecule has 0 aromatic heterocycles. The zero-order valence-corrected chi connectivity index (χ0v) is 12.6. The predicted molar refractivity (Wildman–Crippen MR) is 78.2 cm³/mol. The zero-order chi connectivity index (χ0) is 13.1. The molecular weight excluding hydrogens is 314 g/mol. The lowest BCUT2D eigenvalue weighted by molar-refractivity contribution is 0.0749. The van der Waals surface area contributed by atoms with Crippen LogP contribution in [0.4, 0.5) is 0 Å². The number of phenols is 1. The average molecular weight is 330 g/mol. The number of aromatic hydroxyl groups is 1. The number of likely N-dealkylation sites (tertiary alicyclic amines) is 1. The first kappa shape index (κ1) is 13.7. The standard InChI is InChI=1S/C13H16BrNO2S/c1-18-8-10-3-2-6-15(10)13(17)9-4-5-11(14)12(16)7-9/h4-5,7,10,16H,2-3,6,8H2,1H3. The summed E-state index contributed by atoms with van der Waals surface area (Å²) in [6.45, 7) is 0.820. The van der Waals surface area contributed by atoms with E-state index in [4.69, 9.17) is 0 Å². The summed E-state index contributed by atoms with van der Waals surface area (Å²) in [6, 6.07) is 5.32. The molecule has 1 N–H and O–H groups in total. The normalized spacial score (nSPS) is 19.2. The predicted octanol–water partition coefficient (Wildman–Crippen LogP) is 3.12. The number of carbonyl (C=O) groups excluding carboxylic acids is 1. The first-order valence-corrected chi connectivity index (χ1v) is 8.10. The summed E-state index contributed by atoms with van der Waals surface area (Å²) in [5.74, 6) is 1.12. The van der Waals surface area contributed by atoms with Gasteiger partial charge in [0.15, 0.2) is 0 Å². The number of hydrogen-bond acceptors (Lipinski definition) is 3. The number of nitrogens with zero attached hydrogens (tertiary/aromatic N) is 1. The third-order valence-electron chi connectivity index (χ3n) is 3.19. The van der Waals surface area contributed by atoms with Crippen LogP contribution in [-0.4, -0.2) is 40.5 Å². The van der Waals surface area contributed by atoms with Crippen molar-refractivity contribution in [1.82, 2.24) is 4.90 Å².